The second-order valence-corrected chi connectivity index (χ2v) is 9.39. The summed E-state index contributed by atoms with van der Waals surface area (Å²) in [5.74, 6) is 0.246. The zero-order chi connectivity index (χ0) is 26.7. The minimum atomic E-state index is -2.56. The van der Waals surface area contributed by atoms with E-state index in [4.69, 9.17) is 9.47 Å². The number of alkyl halides is 2. The number of ether oxygens (including phenoxy) is 2. The molecule has 1 aliphatic heterocycles. The molecular weight excluding hydrogens is 488 g/mol. The number of anilines is 1. The smallest absolute Gasteiger partial charge is 0.410 e. The summed E-state index contributed by atoms with van der Waals surface area (Å²) in [5, 5.41) is 16.3. The fourth-order valence-corrected chi connectivity index (χ4v) is 3.58. The molecule has 2 aromatic heterocycles. The molecule has 0 unspecified atom stereocenters. The number of nitrogens with zero attached hydrogens (tertiary/aromatic N) is 7. The Morgan fingerprint density at radius 1 is 1.05 bits per heavy atom. The van der Waals surface area contributed by atoms with Crippen LogP contribution in [0.1, 0.15) is 44.1 Å². The average Bonchev–Trinajstić information content (AvgIpc) is 3.22. The van der Waals surface area contributed by atoms with Crippen molar-refractivity contribution < 1.29 is 27.8 Å². The molecule has 0 N–H and O–H groups in total. The lowest BCUT2D eigenvalue weighted by molar-refractivity contribution is -0.121. The van der Waals surface area contributed by atoms with Gasteiger partial charge in [0, 0.05) is 24.7 Å². The minimum Gasteiger partial charge on any atom is -0.470 e. The second-order valence-electron chi connectivity index (χ2n) is 9.39. The van der Waals surface area contributed by atoms with Gasteiger partial charge in [0.1, 0.15) is 24.4 Å². The van der Waals surface area contributed by atoms with Gasteiger partial charge in [-0.2, -0.15) is 0 Å². The highest BCUT2D eigenvalue weighted by molar-refractivity contribution is 5.96. The number of piperazine rings is 1. The van der Waals surface area contributed by atoms with Crippen molar-refractivity contribution in [2.75, 3.05) is 24.5 Å². The van der Waals surface area contributed by atoms with Crippen molar-refractivity contribution in [2.24, 2.45) is 0 Å². The van der Waals surface area contributed by atoms with Crippen LogP contribution in [-0.2, 0) is 16.1 Å². The van der Waals surface area contributed by atoms with Gasteiger partial charge in [0.2, 0.25) is 11.8 Å². The van der Waals surface area contributed by atoms with Crippen molar-refractivity contribution in [1.82, 2.24) is 30.1 Å². The van der Waals surface area contributed by atoms with E-state index >= 15 is 0 Å². The Morgan fingerprint density at radius 2 is 1.78 bits per heavy atom. The van der Waals surface area contributed by atoms with Gasteiger partial charge in [-0.05, 0) is 45.9 Å². The molecule has 0 saturated carbocycles. The van der Waals surface area contributed by atoms with Crippen LogP contribution < -0.4 is 9.64 Å². The van der Waals surface area contributed by atoms with E-state index in [2.05, 4.69) is 20.5 Å². The lowest BCUT2D eigenvalue weighted by Crippen LogP contribution is -2.53. The SMILES string of the molecule is Cc1nnn(-c2ccc(C(F)F)cc2)c1COc1ccc(N2CCN(C(=O)OC(C)(C)C)CC2=O)nn1. The maximum absolute atomic E-state index is 12.9. The number of halogens is 2. The summed E-state index contributed by atoms with van der Waals surface area (Å²) in [6, 6.07) is 8.92. The molecule has 1 aromatic carbocycles. The van der Waals surface area contributed by atoms with Gasteiger partial charge in [-0.25, -0.2) is 18.3 Å². The van der Waals surface area contributed by atoms with Gasteiger partial charge in [0.05, 0.1) is 11.4 Å². The Labute approximate surface area is 212 Å². The van der Waals surface area contributed by atoms with E-state index in [1.165, 1.54) is 38.7 Å². The lowest BCUT2D eigenvalue weighted by Gasteiger charge is -2.34. The molecule has 1 fully saturated rings. The Kier molecular flexibility index (Phi) is 7.32. The maximum Gasteiger partial charge on any atom is 0.410 e. The summed E-state index contributed by atoms with van der Waals surface area (Å²) < 4.78 is 38.3. The Bertz CT molecular complexity index is 1260. The third-order valence-corrected chi connectivity index (χ3v) is 5.48. The highest BCUT2D eigenvalue weighted by atomic mass is 19.3. The zero-order valence-corrected chi connectivity index (χ0v) is 20.9. The second kappa shape index (κ2) is 10.4. The first-order valence-electron chi connectivity index (χ1n) is 11.6. The molecule has 1 aliphatic rings. The van der Waals surface area contributed by atoms with Crippen molar-refractivity contribution in [3.63, 3.8) is 0 Å². The van der Waals surface area contributed by atoms with E-state index in [-0.39, 0.29) is 37.0 Å². The fourth-order valence-electron chi connectivity index (χ4n) is 3.58. The van der Waals surface area contributed by atoms with Gasteiger partial charge in [0.25, 0.3) is 6.43 Å². The molecule has 3 heterocycles. The van der Waals surface area contributed by atoms with Gasteiger partial charge >= 0.3 is 6.09 Å². The largest absolute Gasteiger partial charge is 0.470 e. The Balaban J connectivity index is 1.38. The molecule has 0 radical (unpaired) electrons. The van der Waals surface area contributed by atoms with Crippen LogP contribution in [0, 0.1) is 6.92 Å². The number of rotatable bonds is 6. The average molecular weight is 516 g/mol. The molecule has 37 heavy (non-hydrogen) atoms. The summed E-state index contributed by atoms with van der Waals surface area (Å²) >= 11 is 0. The first-order chi connectivity index (χ1) is 17.5. The number of hydrogen-bond acceptors (Lipinski definition) is 8. The van der Waals surface area contributed by atoms with Gasteiger partial charge in [-0.1, -0.05) is 17.3 Å². The Hall–Kier alpha value is -4.16. The van der Waals surface area contributed by atoms with Crippen molar-refractivity contribution in [3.05, 3.63) is 53.3 Å². The number of carbonyl (C=O) groups is 2. The number of benzene rings is 1. The summed E-state index contributed by atoms with van der Waals surface area (Å²) in [5.41, 5.74) is 1.05. The van der Waals surface area contributed by atoms with Gasteiger partial charge in [-0.3, -0.25) is 14.6 Å². The monoisotopic (exact) mass is 515 g/mol. The normalized spacial score (nSPS) is 14.3. The molecule has 0 spiro atoms. The zero-order valence-electron chi connectivity index (χ0n) is 20.9. The van der Waals surface area contributed by atoms with Crippen LogP contribution in [0.15, 0.2) is 36.4 Å². The van der Waals surface area contributed by atoms with Crippen LogP contribution in [0.2, 0.25) is 0 Å². The molecule has 4 rings (SSSR count). The van der Waals surface area contributed by atoms with Crippen molar-refractivity contribution in [1.29, 1.82) is 0 Å². The van der Waals surface area contributed by atoms with Gasteiger partial charge in [-0.15, -0.1) is 15.3 Å². The Morgan fingerprint density at radius 3 is 2.38 bits per heavy atom. The molecule has 2 amide bonds. The highest BCUT2D eigenvalue weighted by Crippen LogP contribution is 2.22. The summed E-state index contributed by atoms with van der Waals surface area (Å²) in [6.45, 7) is 7.53. The predicted octanol–water partition coefficient (Wildman–Crippen LogP) is 3.47. The number of hydrogen-bond donors (Lipinski definition) is 0. The van der Waals surface area contributed by atoms with Crippen LogP contribution in [0.3, 0.4) is 0 Å². The molecule has 11 nitrogen and oxygen atoms in total. The van der Waals surface area contributed by atoms with Crippen LogP contribution in [0.4, 0.5) is 19.4 Å². The van der Waals surface area contributed by atoms with Crippen molar-refractivity contribution >= 4 is 17.8 Å². The molecule has 0 bridgehead atoms. The van der Waals surface area contributed by atoms with Crippen molar-refractivity contribution in [3.8, 4) is 11.6 Å². The van der Waals surface area contributed by atoms with E-state index in [9.17, 15) is 18.4 Å². The first-order valence-corrected chi connectivity index (χ1v) is 11.6. The van der Waals surface area contributed by atoms with Crippen LogP contribution in [-0.4, -0.2) is 67.3 Å². The number of carbonyl (C=O) groups excluding carboxylic acids is 2. The number of amides is 2. The molecule has 0 atom stereocenters. The quantitative estimate of drug-likeness (QED) is 0.490. The summed E-state index contributed by atoms with van der Waals surface area (Å²) in [6.07, 6.45) is -3.09. The van der Waals surface area contributed by atoms with Crippen LogP contribution in [0.25, 0.3) is 5.69 Å². The van der Waals surface area contributed by atoms with E-state index < -0.39 is 18.1 Å². The topological polar surface area (TPSA) is 116 Å². The van der Waals surface area contributed by atoms with Gasteiger partial charge in [0.15, 0.2) is 5.82 Å². The molecule has 3 aromatic rings. The third kappa shape index (κ3) is 6.16. The lowest BCUT2D eigenvalue weighted by atomic mass is 10.2. The van der Waals surface area contributed by atoms with E-state index in [1.807, 2.05) is 0 Å². The van der Waals surface area contributed by atoms with Gasteiger partial charge < -0.3 is 9.47 Å². The van der Waals surface area contributed by atoms with E-state index in [1.54, 1.807) is 39.8 Å². The maximum atomic E-state index is 12.9. The van der Waals surface area contributed by atoms with Crippen molar-refractivity contribution in [2.45, 2.75) is 46.3 Å². The predicted molar refractivity (Wildman–Crippen MR) is 128 cm³/mol. The fraction of sp³-hybridized carbons (Fsp3) is 0.417. The first kappa shape index (κ1) is 25.9. The summed E-state index contributed by atoms with van der Waals surface area (Å²) in [7, 11) is 0. The molecular formula is C24H27F2N7O4. The van der Waals surface area contributed by atoms with Crippen LogP contribution >= 0.6 is 0 Å². The van der Waals surface area contributed by atoms with E-state index in [0.717, 1.165) is 0 Å². The molecule has 1 saturated heterocycles. The van der Waals surface area contributed by atoms with Crippen LogP contribution in [0.5, 0.6) is 5.88 Å². The molecule has 13 heteroatoms. The standard InChI is InChI=1S/C24H27F2N7O4/c1-15-18(33(30-27-15)17-7-5-16(6-8-17)22(25)26)14-36-20-10-9-19(28-29-20)32-12-11-31(13-21(32)34)23(35)37-24(2,3)4/h5-10,22H,11-14H2,1-4H3. The molecule has 0 aliphatic carbocycles. The molecule has 196 valence electrons. The third-order valence-electron chi connectivity index (χ3n) is 5.48. The minimum absolute atomic E-state index is 0.0525. The summed E-state index contributed by atoms with van der Waals surface area (Å²) in [4.78, 5) is 27.7. The number of aromatic nitrogens is 5. The highest BCUT2D eigenvalue weighted by Gasteiger charge is 2.31. The van der Waals surface area contributed by atoms with E-state index in [0.29, 0.717) is 29.4 Å². The number of aryl methyl sites for hydroxylation is 1.